The van der Waals surface area contributed by atoms with Crippen LogP contribution in [-0.2, 0) is 20.7 Å². The molecule has 0 heterocycles. The van der Waals surface area contributed by atoms with Gasteiger partial charge in [-0.1, -0.05) is 54.2 Å². The third-order valence-corrected chi connectivity index (χ3v) is 5.33. The van der Waals surface area contributed by atoms with Gasteiger partial charge in [0.05, 0.1) is 0 Å². The molecule has 2 amide bonds. The van der Waals surface area contributed by atoms with Crippen LogP contribution in [0.25, 0.3) is 10.8 Å². The number of thioether (sulfide) groups is 1. The van der Waals surface area contributed by atoms with Gasteiger partial charge in [-0.3, -0.25) is 4.79 Å². The van der Waals surface area contributed by atoms with Crippen molar-refractivity contribution in [1.29, 1.82) is 0 Å². The summed E-state index contributed by atoms with van der Waals surface area (Å²) < 4.78 is 5.34. The van der Waals surface area contributed by atoms with Gasteiger partial charge >= 0.3 is 12.0 Å². The van der Waals surface area contributed by atoms with Crippen molar-refractivity contribution in [2.24, 2.45) is 0 Å². The van der Waals surface area contributed by atoms with Gasteiger partial charge in [-0.05, 0) is 50.5 Å². The Labute approximate surface area is 188 Å². The summed E-state index contributed by atoms with van der Waals surface area (Å²) in [6, 6.07) is 13.3. The van der Waals surface area contributed by atoms with E-state index in [9.17, 15) is 14.4 Å². The first-order valence-electron chi connectivity index (χ1n) is 10.4. The predicted octanol–water partition coefficient (Wildman–Crippen LogP) is 4.40. The van der Waals surface area contributed by atoms with Gasteiger partial charge in [0.1, 0.15) is 11.6 Å². The summed E-state index contributed by atoms with van der Waals surface area (Å²) in [5.41, 5.74) is 0.500. The zero-order valence-corrected chi connectivity index (χ0v) is 19.8. The number of ether oxygens (including phenoxy) is 1. The molecule has 0 aliphatic rings. The van der Waals surface area contributed by atoms with Gasteiger partial charge in [-0.15, -0.1) is 0 Å². The van der Waals surface area contributed by atoms with Crippen LogP contribution in [0.3, 0.4) is 0 Å². The fourth-order valence-electron chi connectivity index (χ4n) is 3.00. The summed E-state index contributed by atoms with van der Waals surface area (Å²) in [6.07, 6.45) is 0.670. The van der Waals surface area contributed by atoms with E-state index in [0.29, 0.717) is 25.3 Å². The molecule has 1 N–H and O–H groups in total. The number of benzene rings is 2. The van der Waals surface area contributed by atoms with Crippen LogP contribution in [-0.4, -0.2) is 52.5 Å². The maximum atomic E-state index is 12.8. The second kappa shape index (κ2) is 11.2. The summed E-state index contributed by atoms with van der Waals surface area (Å²) in [7, 11) is 0. The second-order valence-corrected chi connectivity index (χ2v) is 9.74. The number of esters is 1. The van der Waals surface area contributed by atoms with Crippen LogP contribution in [0.5, 0.6) is 0 Å². The highest BCUT2D eigenvalue weighted by Gasteiger charge is 2.25. The first kappa shape index (κ1) is 24.7. The summed E-state index contributed by atoms with van der Waals surface area (Å²) in [4.78, 5) is 38.0. The van der Waals surface area contributed by atoms with E-state index in [1.165, 1.54) is 24.1 Å². The smallest absolute Gasteiger partial charge is 0.328 e. The molecule has 2 aromatic carbocycles. The Hall–Kier alpha value is -2.54. The van der Waals surface area contributed by atoms with Gasteiger partial charge in [-0.2, -0.15) is 0 Å². The van der Waals surface area contributed by atoms with Gasteiger partial charge in [-0.25, -0.2) is 9.59 Å². The molecule has 0 saturated heterocycles. The molecule has 0 spiro atoms. The van der Waals surface area contributed by atoms with E-state index >= 15 is 0 Å². The minimum atomic E-state index is -0.768. The number of nitrogens with one attached hydrogen (secondary N) is 1. The molecule has 6 nitrogen and oxygen atoms in total. The highest BCUT2D eigenvalue weighted by atomic mass is 32.2. The minimum Gasteiger partial charge on any atom is -0.458 e. The molecule has 0 aromatic heterocycles. The van der Waals surface area contributed by atoms with Gasteiger partial charge in [0.2, 0.25) is 0 Å². The third-order valence-electron chi connectivity index (χ3n) is 4.54. The fraction of sp³-hybridized carbons (Fsp3) is 0.458. The average molecular weight is 445 g/mol. The van der Waals surface area contributed by atoms with Gasteiger partial charge < -0.3 is 15.0 Å². The van der Waals surface area contributed by atoms with Crippen molar-refractivity contribution in [1.82, 2.24) is 10.2 Å². The van der Waals surface area contributed by atoms with E-state index in [1.54, 1.807) is 32.6 Å². The van der Waals surface area contributed by atoms with Crippen molar-refractivity contribution in [3.8, 4) is 0 Å². The number of amides is 2. The highest BCUT2D eigenvalue weighted by Crippen LogP contribution is 2.16. The van der Waals surface area contributed by atoms with Crippen LogP contribution in [0, 0.1) is 0 Å². The van der Waals surface area contributed by atoms with E-state index in [-0.39, 0.29) is 11.1 Å². The Morgan fingerprint density at radius 2 is 1.74 bits per heavy atom. The molecule has 0 radical (unpaired) electrons. The second-order valence-electron chi connectivity index (χ2n) is 8.46. The lowest BCUT2D eigenvalue weighted by Crippen LogP contribution is -2.49. The van der Waals surface area contributed by atoms with Crippen LogP contribution in [0.1, 0.15) is 40.2 Å². The Kier molecular flexibility index (Phi) is 8.92. The summed E-state index contributed by atoms with van der Waals surface area (Å²) in [6.45, 7) is 9.36. The molecule has 0 bridgehead atoms. The molecule has 7 heteroatoms. The molecule has 0 aliphatic heterocycles. The molecule has 0 saturated carbocycles. The SMILES string of the molecule is CC(=O)SCCN(CCc1ccc2ccccc2c1)C(=O)N[C@@H](C)C(=O)OC(C)(C)C. The molecule has 0 fully saturated rings. The topological polar surface area (TPSA) is 75.7 Å². The molecule has 2 aromatic rings. The van der Waals surface area contributed by atoms with E-state index in [1.807, 2.05) is 12.1 Å². The van der Waals surface area contributed by atoms with E-state index in [4.69, 9.17) is 4.74 Å². The maximum Gasteiger partial charge on any atom is 0.328 e. The fourth-order valence-corrected chi connectivity index (χ4v) is 3.60. The highest BCUT2D eigenvalue weighted by molar-refractivity contribution is 8.13. The van der Waals surface area contributed by atoms with E-state index < -0.39 is 17.6 Å². The number of rotatable bonds is 8. The van der Waals surface area contributed by atoms with E-state index in [2.05, 4.69) is 35.6 Å². The summed E-state index contributed by atoms with van der Waals surface area (Å²) >= 11 is 1.18. The quantitative estimate of drug-likeness (QED) is 0.611. The lowest BCUT2D eigenvalue weighted by Gasteiger charge is -2.26. The molecule has 1 atom stereocenters. The Morgan fingerprint density at radius 1 is 1.06 bits per heavy atom. The third kappa shape index (κ3) is 8.61. The normalized spacial score (nSPS) is 12.3. The monoisotopic (exact) mass is 444 g/mol. The number of fused-ring (bicyclic) bond motifs is 1. The predicted molar refractivity (Wildman–Crippen MR) is 126 cm³/mol. The number of hydrogen-bond acceptors (Lipinski definition) is 5. The number of carbonyl (C=O) groups is 3. The molecule has 0 aliphatic carbocycles. The molecule has 168 valence electrons. The lowest BCUT2D eigenvalue weighted by atomic mass is 10.1. The largest absolute Gasteiger partial charge is 0.458 e. The first-order valence-corrected chi connectivity index (χ1v) is 11.4. The Morgan fingerprint density at radius 3 is 2.39 bits per heavy atom. The summed E-state index contributed by atoms with van der Waals surface area (Å²) in [5, 5.41) is 5.06. The molecule has 0 unspecified atom stereocenters. The first-order chi connectivity index (χ1) is 14.5. The molecule has 2 rings (SSSR count). The summed E-state index contributed by atoms with van der Waals surface area (Å²) in [5.74, 6) is 0.0230. The zero-order valence-electron chi connectivity index (χ0n) is 18.9. The van der Waals surface area contributed by atoms with Crippen molar-refractivity contribution < 1.29 is 19.1 Å². The minimum absolute atomic E-state index is 0.0111. The van der Waals surface area contributed by atoms with Gasteiger partial charge in [0.25, 0.3) is 0 Å². The van der Waals surface area contributed by atoms with Gasteiger partial charge in [0, 0.05) is 25.8 Å². The maximum absolute atomic E-state index is 12.8. The van der Waals surface area contributed by atoms with Gasteiger partial charge in [0.15, 0.2) is 5.12 Å². The Balaban J connectivity index is 2.03. The number of urea groups is 1. The van der Waals surface area contributed by atoms with Crippen molar-refractivity contribution in [3.63, 3.8) is 0 Å². The molecular formula is C24H32N2O4S. The van der Waals surface area contributed by atoms with Crippen LogP contribution in [0.2, 0.25) is 0 Å². The number of nitrogens with zero attached hydrogens (tertiary/aromatic N) is 1. The zero-order chi connectivity index (χ0) is 23.0. The Bertz CT molecular complexity index is 923. The van der Waals surface area contributed by atoms with Crippen LogP contribution in [0.15, 0.2) is 42.5 Å². The number of carbonyl (C=O) groups excluding carboxylic acids is 3. The van der Waals surface area contributed by atoms with E-state index in [0.717, 1.165) is 10.9 Å². The lowest BCUT2D eigenvalue weighted by molar-refractivity contribution is -0.156. The molecular weight excluding hydrogens is 412 g/mol. The van der Waals surface area contributed by atoms with Crippen LogP contribution in [0.4, 0.5) is 4.79 Å². The van der Waals surface area contributed by atoms with Crippen LogP contribution >= 0.6 is 11.8 Å². The average Bonchev–Trinajstić information content (AvgIpc) is 2.68. The van der Waals surface area contributed by atoms with Crippen molar-refractivity contribution >= 4 is 39.7 Å². The molecule has 31 heavy (non-hydrogen) atoms. The standard InChI is InChI=1S/C24H32N2O4S/c1-17(22(28)30-24(3,4)5)25-23(29)26(14-15-31-18(2)27)13-12-19-10-11-20-8-6-7-9-21(20)16-19/h6-11,16-17H,12-15H2,1-5H3,(H,25,29)/t17-/m0/s1. The number of hydrogen-bond donors (Lipinski definition) is 1. The van der Waals surface area contributed by atoms with Crippen molar-refractivity contribution in [3.05, 3.63) is 48.0 Å². The van der Waals surface area contributed by atoms with Crippen molar-refractivity contribution in [2.75, 3.05) is 18.8 Å². The van der Waals surface area contributed by atoms with Crippen LogP contribution < -0.4 is 5.32 Å². The van der Waals surface area contributed by atoms with Crippen molar-refractivity contribution in [2.45, 2.75) is 52.7 Å².